The number of nitrogens with two attached hydrogens (primary N) is 1. The quantitative estimate of drug-likeness (QED) is 0.718. The van der Waals surface area contributed by atoms with Crippen LogP contribution in [0.25, 0.3) is 0 Å². The standard InChI is InChI=1S/C10H19NO2/c1-2-13-7-8-3-5-9(6-4-8)10(11)12/h8-9H,2-7H2,1H3,(H2,11,12)/t8-,9+. The predicted molar refractivity (Wildman–Crippen MR) is 51.1 cm³/mol. The lowest BCUT2D eigenvalue weighted by atomic mass is 9.82. The van der Waals surface area contributed by atoms with Gasteiger partial charge in [0, 0.05) is 19.1 Å². The number of primary amides is 1. The monoisotopic (exact) mass is 185 g/mol. The van der Waals surface area contributed by atoms with Gasteiger partial charge >= 0.3 is 0 Å². The van der Waals surface area contributed by atoms with Crippen molar-refractivity contribution in [2.24, 2.45) is 17.6 Å². The van der Waals surface area contributed by atoms with Gasteiger partial charge in [-0.05, 0) is 38.5 Å². The molecule has 13 heavy (non-hydrogen) atoms. The van der Waals surface area contributed by atoms with Crippen molar-refractivity contribution >= 4 is 5.91 Å². The van der Waals surface area contributed by atoms with E-state index >= 15 is 0 Å². The molecule has 1 fully saturated rings. The van der Waals surface area contributed by atoms with Crippen LogP contribution in [-0.4, -0.2) is 19.1 Å². The molecule has 76 valence electrons. The first-order valence-corrected chi connectivity index (χ1v) is 5.11. The molecule has 0 bridgehead atoms. The van der Waals surface area contributed by atoms with E-state index in [0.717, 1.165) is 38.9 Å². The molecule has 1 saturated carbocycles. The second-order valence-electron chi connectivity index (χ2n) is 3.78. The minimum absolute atomic E-state index is 0.123. The first kappa shape index (κ1) is 10.5. The molecular formula is C10H19NO2. The first-order chi connectivity index (χ1) is 6.24. The summed E-state index contributed by atoms with van der Waals surface area (Å²) in [5.74, 6) is 0.642. The van der Waals surface area contributed by atoms with Crippen molar-refractivity contribution in [1.82, 2.24) is 0 Å². The Kier molecular flexibility index (Phi) is 4.22. The Morgan fingerprint density at radius 1 is 1.38 bits per heavy atom. The van der Waals surface area contributed by atoms with E-state index in [2.05, 4.69) is 0 Å². The van der Waals surface area contributed by atoms with Gasteiger partial charge in [0.15, 0.2) is 0 Å². The van der Waals surface area contributed by atoms with Gasteiger partial charge in [0.25, 0.3) is 0 Å². The van der Waals surface area contributed by atoms with Crippen molar-refractivity contribution in [3.05, 3.63) is 0 Å². The Balaban J connectivity index is 2.18. The maximum absolute atomic E-state index is 10.9. The summed E-state index contributed by atoms with van der Waals surface area (Å²) >= 11 is 0. The highest BCUT2D eigenvalue weighted by Gasteiger charge is 2.24. The molecule has 1 aliphatic rings. The second kappa shape index (κ2) is 5.22. The summed E-state index contributed by atoms with van der Waals surface area (Å²) in [4.78, 5) is 10.9. The average Bonchev–Trinajstić information content (AvgIpc) is 2.15. The fourth-order valence-electron chi connectivity index (χ4n) is 1.90. The van der Waals surface area contributed by atoms with Crippen molar-refractivity contribution in [3.63, 3.8) is 0 Å². The van der Waals surface area contributed by atoms with Crippen LogP contribution in [0.3, 0.4) is 0 Å². The number of hydrogen-bond acceptors (Lipinski definition) is 2. The normalized spacial score (nSPS) is 28.7. The molecule has 0 spiro atoms. The number of carbonyl (C=O) groups excluding carboxylic acids is 1. The smallest absolute Gasteiger partial charge is 0.220 e. The van der Waals surface area contributed by atoms with Crippen molar-refractivity contribution in [1.29, 1.82) is 0 Å². The van der Waals surface area contributed by atoms with Crippen LogP contribution in [0, 0.1) is 11.8 Å². The van der Waals surface area contributed by atoms with Gasteiger partial charge in [0.05, 0.1) is 0 Å². The van der Waals surface area contributed by atoms with Crippen LogP contribution in [0.4, 0.5) is 0 Å². The van der Waals surface area contributed by atoms with E-state index in [1.165, 1.54) is 0 Å². The molecule has 0 aromatic heterocycles. The zero-order valence-electron chi connectivity index (χ0n) is 8.29. The van der Waals surface area contributed by atoms with Crippen molar-refractivity contribution in [2.45, 2.75) is 32.6 Å². The summed E-state index contributed by atoms with van der Waals surface area (Å²) in [6.45, 7) is 3.65. The van der Waals surface area contributed by atoms with Crippen molar-refractivity contribution in [2.75, 3.05) is 13.2 Å². The predicted octanol–water partition coefficient (Wildman–Crippen LogP) is 1.31. The largest absolute Gasteiger partial charge is 0.381 e. The van der Waals surface area contributed by atoms with E-state index in [-0.39, 0.29) is 11.8 Å². The van der Waals surface area contributed by atoms with Crippen LogP contribution in [0.2, 0.25) is 0 Å². The summed E-state index contributed by atoms with van der Waals surface area (Å²) in [5, 5.41) is 0. The third-order valence-corrected chi connectivity index (χ3v) is 2.81. The van der Waals surface area contributed by atoms with E-state index in [9.17, 15) is 4.79 Å². The van der Waals surface area contributed by atoms with Gasteiger partial charge in [0.1, 0.15) is 0 Å². The van der Waals surface area contributed by atoms with E-state index in [1.807, 2.05) is 6.92 Å². The number of amides is 1. The number of carbonyl (C=O) groups is 1. The van der Waals surface area contributed by atoms with Gasteiger partial charge in [-0.15, -0.1) is 0 Å². The Bertz CT molecular complexity index is 162. The second-order valence-corrected chi connectivity index (χ2v) is 3.78. The highest BCUT2D eigenvalue weighted by molar-refractivity contribution is 5.76. The topological polar surface area (TPSA) is 52.3 Å². The van der Waals surface area contributed by atoms with Crippen molar-refractivity contribution < 1.29 is 9.53 Å². The molecule has 0 aliphatic heterocycles. The Morgan fingerprint density at radius 2 is 2.00 bits per heavy atom. The van der Waals surface area contributed by atoms with Crippen molar-refractivity contribution in [3.8, 4) is 0 Å². The molecule has 3 heteroatoms. The molecule has 3 nitrogen and oxygen atoms in total. The fraction of sp³-hybridized carbons (Fsp3) is 0.900. The maximum Gasteiger partial charge on any atom is 0.220 e. The molecule has 1 rings (SSSR count). The molecule has 2 N–H and O–H groups in total. The summed E-state index contributed by atoms with van der Waals surface area (Å²) in [5.41, 5.74) is 5.24. The minimum atomic E-state index is -0.130. The highest BCUT2D eigenvalue weighted by Crippen LogP contribution is 2.28. The highest BCUT2D eigenvalue weighted by atomic mass is 16.5. The van der Waals surface area contributed by atoms with E-state index in [1.54, 1.807) is 0 Å². The van der Waals surface area contributed by atoms with Gasteiger partial charge in [-0.3, -0.25) is 4.79 Å². The number of ether oxygens (including phenoxy) is 1. The zero-order chi connectivity index (χ0) is 9.68. The molecule has 0 saturated heterocycles. The third-order valence-electron chi connectivity index (χ3n) is 2.81. The molecule has 0 heterocycles. The van der Waals surface area contributed by atoms with E-state index < -0.39 is 0 Å². The van der Waals surface area contributed by atoms with Gasteiger partial charge < -0.3 is 10.5 Å². The average molecular weight is 185 g/mol. The van der Waals surface area contributed by atoms with Gasteiger partial charge in [0.2, 0.25) is 5.91 Å². The van der Waals surface area contributed by atoms with Crippen LogP contribution in [-0.2, 0) is 9.53 Å². The Hall–Kier alpha value is -0.570. The van der Waals surface area contributed by atoms with Crippen LogP contribution in [0.1, 0.15) is 32.6 Å². The van der Waals surface area contributed by atoms with Gasteiger partial charge in [-0.25, -0.2) is 0 Å². The van der Waals surface area contributed by atoms with Crippen LogP contribution in [0.5, 0.6) is 0 Å². The molecule has 1 amide bonds. The summed E-state index contributed by atoms with van der Waals surface area (Å²) < 4.78 is 5.35. The summed E-state index contributed by atoms with van der Waals surface area (Å²) in [7, 11) is 0. The lowest BCUT2D eigenvalue weighted by Gasteiger charge is -2.26. The lowest BCUT2D eigenvalue weighted by molar-refractivity contribution is -0.123. The Labute approximate surface area is 79.6 Å². The minimum Gasteiger partial charge on any atom is -0.381 e. The third kappa shape index (κ3) is 3.35. The molecule has 0 radical (unpaired) electrons. The molecule has 0 aromatic rings. The van der Waals surface area contributed by atoms with E-state index in [4.69, 9.17) is 10.5 Å². The molecule has 0 unspecified atom stereocenters. The lowest BCUT2D eigenvalue weighted by Crippen LogP contribution is -2.28. The molecule has 0 aromatic carbocycles. The van der Waals surface area contributed by atoms with Crippen LogP contribution < -0.4 is 5.73 Å². The fourth-order valence-corrected chi connectivity index (χ4v) is 1.90. The van der Waals surface area contributed by atoms with Crippen LogP contribution >= 0.6 is 0 Å². The zero-order valence-corrected chi connectivity index (χ0v) is 8.29. The summed E-state index contributed by atoms with van der Waals surface area (Å²) in [6.07, 6.45) is 4.08. The first-order valence-electron chi connectivity index (χ1n) is 5.11. The van der Waals surface area contributed by atoms with E-state index in [0.29, 0.717) is 5.92 Å². The Morgan fingerprint density at radius 3 is 2.46 bits per heavy atom. The van der Waals surface area contributed by atoms with Gasteiger partial charge in [-0.2, -0.15) is 0 Å². The molecular weight excluding hydrogens is 166 g/mol. The molecule has 0 atom stereocenters. The number of rotatable bonds is 4. The van der Waals surface area contributed by atoms with Gasteiger partial charge in [-0.1, -0.05) is 0 Å². The maximum atomic E-state index is 10.9. The summed E-state index contributed by atoms with van der Waals surface area (Å²) in [6, 6.07) is 0. The van der Waals surface area contributed by atoms with Crippen LogP contribution in [0.15, 0.2) is 0 Å². The molecule has 1 aliphatic carbocycles. The number of hydrogen-bond donors (Lipinski definition) is 1. The SMILES string of the molecule is CCOC[C@H]1CC[C@@H](C(N)=O)CC1.